The fourth-order valence-electron chi connectivity index (χ4n) is 1.97. The van der Waals surface area contributed by atoms with Crippen molar-refractivity contribution in [2.24, 2.45) is 0 Å². The molecular formula is C13H14N2O3. The predicted octanol–water partition coefficient (Wildman–Crippen LogP) is 2.46. The summed E-state index contributed by atoms with van der Waals surface area (Å²) in [7, 11) is 0. The van der Waals surface area contributed by atoms with E-state index in [9.17, 15) is 15.2 Å². The van der Waals surface area contributed by atoms with Crippen LogP contribution < -0.4 is 0 Å². The fraction of sp³-hybridized carbons (Fsp3) is 0.308. The Kier molecular flexibility index (Phi) is 3.53. The maximum Gasteiger partial charge on any atom is 0.278 e. The highest BCUT2D eigenvalue weighted by molar-refractivity contribution is 5.92. The van der Waals surface area contributed by atoms with Gasteiger partial charge in [-0.3, -0.25) is 15.1 Å². The Morgan fingerprint density at radius 1 is 1.39 bits per heavy atom. The van der Waals surface area contributed by atoms with Crippen molar-refractivity contribution in [3.63, 3.8) is 0 Å². The number of nitrogens with zero attached hydrogens (tertiary/aromatic N) is 2. The maximum atomic E-state index is 10.9. The molecule has 1 heterocycles. The average Bonchev–Trinajstić information content (AvgIpc) is 2.38. The third-order valence-electron chi connectivity index (χ3n) is 3.01. The van der Waals surface area contributed by atoms with E-state index in [1.807, 2.05) is 6.92 Å². The van der Waals surface area contributed by atoms with Crippen LogP contribution in [0.4, 0.5) is 5.69 Å². The van der Waals surface area contributed by atoms with Gasteiger partial charge in [-0.1, -0.05) is 13.0 Å². The van der Waals surface area contributed by atoms with Crippen molar-refractivity contribution in [1.29, 1.82) is 0 Å². The Hall–Kier alpha value is -2.01. The number of pyridine rings is 1. The molecule has 1 unspecified atom stereocenters. The van der Waals surface area contributed by atoms with Crippen LogP contribution in [-0.4, -0.2) is 21.1 Å². The van der Waals surface area contributed by atoms with Crippen LogP contribution in [-0.2, 0) is 6.42 Å². The second-order valence-corrected chi connectivity index (χ2v) is 4.19. The molecule has 0 radical (unpaired) electrons. The van der Waals surface area contributed by atoms with Crippen molar-refractivity contribution in [2.75, 3.05) is 0 Å². The van der Waals surface area contributed by atoms with Gasteiger partial charge in [0.2, 0.25) is 0 Å². The molecule has 1 N–H and O–H groups in total. The summed E-state index contributed by atoms with van der Waals surface area (Å²) in [6, 6.07) is 4.93. The molecule has 5 heteroatoms. The monoisotopic (exact) mass is 246 g/mol. The molecular weight excluding hydrogens is 232 g/mol. The largest absolute Gasteiger partial charge is 0.393 e. The third-order valence-corrected chi connectivity index (χ3v) is 3.01. The van der Waals surface area contributed by atoms with E-state index in [0.29, 0.717) is 18.2 Å². The van der Waals surface area contributed by atoms with Gasteiger partial charge >= 0.3 is 0 Å². The van der Waals surface area contributed by atoms with Gasteiger partial charge in [-0.05, 0) is 29.9 Å². The number of hydrogen-bond acceptors (Lipinski definition) is 4. The number of nitro benzene ring substituents is 1. The van der Waals surface area contributed by atoms with Gasteiger partial charge < -0.3 is 5.11 Å². The highest BCUT2D eigenvalue weighted by atomic mass is 16.6. The van der Waals surface area contributed by atoms with E-state index >= 15 is 0 Å². The number of rotatable bonds is 4. The van der Waals surface area contributed by atoms with Crippen LogP contribution in [0.1, 0.15) is 18.9 Å². The Labute approximate surface area is 104 Å². The van der Waals surface area contributed by atoms with E-state index in [1.165, 1.54) is 12.3 Å². The molecule has 0 aliphatic heterocycles. The summed E-state index contributed by atoms with van der Waals surface area (Å²) in [6.07, 6.45) is 3.82. The van der Waals surface area contributed by atoms with Gasteiger partial charge in [0.15, 0.2) is 0 Å². The van der Waals surface area contributed by atoms with E-state index in [1.54, 1.807) is 18.3 Å². The number of aromatic nitrogens is 1. The number of benzene rings is 1. The highest BCUT2D eigenvalue weighted by Crippen LogP contribution is 2.28. The number of aliphatic hydroxyl groups is 1. The van der Waals surface area contributed by atoms with E-state index in [2.05, 4.69) is 4.98 Å². The summed E-state index contributed by atoms with van der Waals surface area (Å²) in [5, 5.41) is 21.9. The summed E-state index contributed by atoms with van der Waals surface area (Å²) in [6.45, 7) is 1.90. The second-order valence-electron chi connectivity index (χ2n) is 4.19. The topological polar surface area (TPSA) is 76.3 Å². The molecule has 2 rings (SSSR count). The zero-order valence-corrected chi connectivity index (χ0v) is 10.0. The first-order valence-electron chi connectivity index (χ1n) is 5.81. The number of fused-ring (bicyclic) bond motifs is 1. The molecule has 0 bridgehead atoms. The Balaban J connectivity index is 2.57. The van der Waals surface area contributed by atoms with Crippen LogP contribution in [0.5, 0.6) is 0 Å². The van der Waals surface area contributed by atoms with Gasteiger partial charge in [0, 0.05) is 18.5 Å². The number of hydrogen-bond donors (Lipinski definition) is 1. The molecule has 0 aliphatic carbocycles. The SMILES string of the molecule is CCC(O)Cc1ccc([N+](=O)[O-])c2cnccc12. The van der Waals surface area contributed by atoms with E-state index in [-0.39, 0.29) is 5.69 Å². The van der Waals surface area contributed by atoms with Crippen molar-refractivity contribution in [3.8, 4) is 0 Å². The van der Waals surface area contributed by atoms with E-state index in [0.717, 1.165) is 10.9 Å². The van der Waals surface area contributed by atoms with Crippen LogP contribution >= 0.6 is 0 Å². The minimum absolute atomic E-state index is 0.0489. The Morgan fingerprint density at radius 2 is 2.17 bits per heavy atom. The molecule has 18 heavy (non-hydrogen) atoms. The molecule has 0 spiro atoms. The van der Waals surface area contributed by atoms with Crippen LogP contribution in [0.2, 0.25) is 0 Å². The molecule has 0 saturated carbocycles. The minimum Gasteiger partial charge on any atom is -0.393 e. The van der Waals surface area contributed by atoms with Gasteiger partial charge in [-0.2, -0.15) is 0 Å². The molecule has 5 nitrogen and oxygen atoms in total. The van der Waals surface area contributed by atoms with E-state index in [4.69, 9.17) is 0 Å². The zero-order valence-electron chi connectivity index (χ0n) is 10.0. The summed E-state index contributed by atoms with van der Waals surface area (Å²) < 4.78 is 0. The van der Waals surface area contributed by atoms with Crippen LogP contribution in [0.15, 0.2) is 30.6 Å². The van der Waals surface area contributed by atoms with Crippen molar-refractivity contribution < 1.29 is 10.0 Å². The van der Waals surface area contributed by atoms with Crippen molar-refractivity contribution in [3.05, 3.63) is 46.3 Å². The van der Waals surface area contributed by atoms with Crippen molar-refractivity contribution in [1.82, 2.24) is 4.98 Å². The predicted molar refractivity (Wildman–Crippen MR) is 68.4 cm³/mol. The first-order valence-corrected chi connectivity index (χ1v) is 5.81. The number of aliphatic hydroxyl groups excluding tert-OH is 1. The lowest BCUT2D eigenvalue weighted by Crippen LogP contribution is -2.09. The number of nitro groups is 1. The fourth-order valence-corrected chi connectivity index (χ4v) is 1.97. The molecule has 94 valence electrons. The Bertz CT molecular complexity index is 583. The van der Waals surface area contributed by atoms with Crippen LogP contribution in [0.3, 0.4) is 0 Å². The van der Waals surface area contributed by atoms with Gasteiger partial charge in [-0.25, -0.2) is 0 Å². The summed E-state index contributed by atoms with van der Waals surface area (Å²) in [4.78, 5) is 14.4. The van der Waals surface area contributed by atoms with Gasteiger partial charge in [0.05, 0.1) is 16.4 Å². The normalized spacial score (nSPS) is 12.6. The Morgan fingerprint density at radius 3 is 2.83 bits per heavy atom. The maximum absolute atomic E-state index is 10.9. The lowest BCUT2D eigenvalue weighted by Gasteiger charge is -2.10. The molecule has 2 aromatic rings. The zero-order chi connectivity index (χ0) is 13.1. The summed E-state index contributed by atoms with van der Waals surface area (Å²) >= 11 is 0. The van der Waals surface area contributed by atoms with Gasteiger partial charge in [0.1, 0.15) is 0 Å². The molecule has 1 atom stereocenters. The second kappa shape index (κ2) is 5.10. The summed E-state index contributed by atoms with van der Waals surface area (Å²) in [5.41, 5.74) is 0.959. The molecule has 1 aromatic heterocycles. The minimum atomic E-state index is -0.428. The molecule has 1 aromatic carbocycles. The standard InChI is InChI=1S/C13H14N2O3/c1-2-10(16)7-9-3-4-13(15(17)18)12-8-14-6-5-11(9)12/h3-6,8,10,16H,2,7H2,1H3. The lowest BCUT2D eigenvalue weighted by molar-refractivity contribution is -0.383. The van der Waals surface area contributed by atoms with E-state index < -0.39 is 11.0 Å². The number of non-ortho nitro benzene ring substituents is 1. The lowest BCUT2D eigenvalue weighted by atomic mass is 9.99. The van der Waals surface area contributed by atoms with Crippen LogP contribution in [0.25, 0.3) is 10.8 Å². The van der Waals surface area contributed by atoms with Gasteiger partial charge in [0.25, 0.3) is 5.69 Å². The molecule has 0 amide bonds. The molecule has 0 fully saturated rings. The van der Waals surface area contributed by atoms with Crippen molar-refractivity contribution in [2.45, 2.75) is 25.9 Å². The molecule has 0 saturated heterocycles. The smallest absolute Gasteiger partial charge is 0.278 e. The quantitative estimate of drug-likeness (QED) is 0.664. The van der Waals surface area contributed by atoms with Gasteiger partial charge in [-0.15, -0.1) is 0 Å². The third kappa shape index (κ3) is 2.31. The van der Waals surface area contributed by atoms with Crippen molar-refractivity contribution >= 4 is 16.5 Å². The average molecular weight is 246 g/mol. The molecule has 0 aliphatic rings. The first-order chi connectivity index (χ1) is 8.63. The summed E-state index contributed by atoms with van der Waals surface area (Å²) in [5.74, 6) is 0. The van der Waals surface area contributed by atoms with Crippen LogP contribution in [0, 0.1) is 10.1 Å². The highest BCUT2D eigenvalue weighted by Gasteiger charge is 2.15. The first kappa shape index (κ1) is 12.4.